The van der Waals surface area contributed by atoms with Crippen LogP contribution in [-0.4, -0.2) is 141 Å². The second-order valence-corrected chi connectivity index (χ2v) is 40.4. The van der Waals surface area contributed by atoms with Gasteiger partial charge in [-0.3, -0.25) is 14.6 Å². The number of anilines is 4. The number of nitrogen functional groups attached to an aromatic ring is 2. The molecule has 0 radical (unpaired) electrons. The molecule has 21 nitrogen and oxygen atoms in total. The van der Waals surface area contributed by atoms with E-state index in [4.69, 9.17) is 99.0 Å². The minimum Gasteiger partial charge on any atom is -1.00 e. The third-order valence-corrected chi connectivity index (χ3v) is 32.5. The molecule has 6 heterocycles. The summed E-state index contributed by atoms with van der Waals surface area (Å²) in [5, 5.41) is 60.1. The van der Waals surface area contributed by atoms with Crippen molar-refractivity contribution >= 4 is 208 Å². The second kappa shape index (κ2) is 59.2. The van der Waals surface area contributed by atoms with Crippen molar-refractivity contribution in [1.29, 1.82) is 0 Å². The van der Waals surface area contributed by atoms with E-state index in [1.165, 1.54) is 69.7 Å². The van der Waals surface area contributed by atoms with Gasteiger partial charge in [-0.05, 0) is 107 Å². The van der Waals surface area contributed by atoms with Crippen LogP contribution in [0.4, 0.5) is 33.1 Å². The number of nitrogens with zero attached hydrogens (tertiary/aromatic N) is 10. The number of carbonyl (C=O) groups excluding carboxylic acids is 3. The van der Waals surface area contributed by atoms with Gasteiger partial charge in [0.1, 0.15) is 18.9 Å². The summed E-state index contributed by atoms with van der Waals surface area (Å²) >= 11 is 29.2. The number of cyclic esters (lactones) is 2. The first kappa shape index (κ1) is 111. The average molecular weight is 2330 g/mol. The molecule has 0 unspecified atom stereocenters. The normalized spacial score (nSPS) is 13.4. The average Bonchev–Trinajstić information content (AvgIpc) is 1.60. The zero-order chi connectivity index (χ0) is 93.8. The van der Waals surface area contributed by atoms with Crippen LogP contribution in [0, 0.1) is 0 Å². The van der Waals surface area contributed by atoms with E-state index in [-0.39, 0.29) is 218 Å². The van der Waals surface area contributed by atoms with Crippen molar-refractivity contribution in [3.8, 4) is 11.3 Å². The molecule has 0 saturated carbocycles. The molecule has 688 valence electrons. The molecule has 14 aromatic carbocycles. The second-order valence-electron chi connectivity index (χ2n) is 29.6. The van der Waals surface area contributed by atoms with E-state index in [9.17, 15) is 9.59 Å². The molecule has 0 bridgehead atoms. The van der Waals surface area contributed by atoms with Gasteiger partial charge in [0.15, 0.2) is 16.8 Å². The maximum Gasteiger partial charge on any atom is 1.00 e. The third kappa shape index (κ3) is 32.4. The molecule has 4 saturated heterocycles. The SMILES string of the molecule is Nc1nc(N2CCN3C(=O)OC[C@@H]3C2)nnc1-c1cccc(Cl)c1Cl.Nc1nc(N2CCN3C(=O)OC[C@@H]3C2)nnc1Cl.O=CO[O-].OB(O)c1cccc(Cl)c1Cl.[Cs+].[Cs+].[H-].[Pd].c1ccc(P(c2ccccc2)c2ccccc2)cc1.c1ccc(P(c2ccccc2)c2ccccc2)cc1.c1ccc(P(c2ccccc2)c2ccccc2)cc1.c1ccc(P(c2ccccc2)c2ccccc2)cc1. The number of aromatic nitrogens is 6. The fourth-order valence-electron chi connectivity index (χ4n) is 14.6. The van der Waals surface area contributed by atoms with E-state index < -0.39 is 38.8 Å². The van der Waals surface area contributed by atoms with Crippen molar-refractivity contribution in [2.45, 2.75) is 12.1 Å². The summed E-state index contributed by atoms with van der Waals surface area (Å²) in [7, 11) is -3.35. The molecule has 20 rings (SSSR count). The first-order chi connectivity index (χ1) is 65.5. The van der Waals surface area contributed by atoms with E-state index in [1.807, 2.05) is 9.80 Å². The monoisotopic (exact) mass is 2320 g/mol. The summed E-state index contributed by atoms with van der Waals surface area (Å²) in [6.07, 6.45) is -0.525. The molecular formula is C103H92BCl5Cs2N12O9P4Pd. The van der Waals surface area contributed by atoms with Crippen molar-refractivity contribution < 1.29 is 204 Å². The number of fused-ring (bicyclic) bond motifs is 2. The van der Waals surface area contributed by atoms with Gasteiger partial charge in [-0.25, -0.2) is 9.59 Å². The zero-order valence-electron chi connectivity index (χ0n) is 75.4. The quantitative estimate of drug-likeness (QED) is 0.0218. The van der Waals surface area contributed by atoms with Crippen LogP contribution in [0.1, 0.15) is 1.43 Å². The molecule has 4 aliphatic rings. The Labute approximate surface area is 960 Å². The van der Waals surface area contributed by atoms with Crippen LogP contribution >= 0.6 is 89.7 Å². The minimum absolute atomic E-state index is 0. The Balaban J connectivity index is 0.000000179. The van der Waals surface area contributed by atoms with E-state index in [1.54, 1.807) is 40.1 Å². The number of rotatable bonds is 17. The van der Waals surface area contributed by atoms with Crippen molar-refractivity contribution in [3.63, 3.8) is 0 Å². The van der Waals surface area contributed by atoms with E-state index in [0.29, 0.717) is 90.7 Å². The number of amides is 2. The van der Waals surface area contributed by atoms with E-state index in [2.05, 4.69) is 399 Å². The Kier molecular flexibility index (Phi) is 48.0. The predicted molar refractivity (Wildman–Crippen MR) is 552 cm³/mol. The van der Waals surface area contributed by atoms with Crippen LogP contribution in [0.15, 0.2) is 400 Å². The molecule has 34 heteroatoms. The van der Waals surface area contributed by atoms with Gasteiger partial charge < -0.3 is 52.4 Å². The summed E-state index contributed by atoms with van der Waals surface area (Å²) in [5.74, 6) is 1.22. The molecule has 4 aliphatic heterocycles. The maximum atomic E-state index is 11.6. The Bertz CT molecular complexity index is 5500. The van der Waals surface area contributed by atoms with Gasteiger partial charge in [0.05, 0.1) is 32.2 Å². The van der Waals surface area contributed by atoms with Gasteiger partial charge in [0.2, 0.25) is 11.9 Å². The number of halogens is 5. The maximum absolute atomic E-state index is 11.6. The molecule has 16 aromatic rings. The largest absolute Gasteiger partial charge is 1.00 e. The molecule has 0 spiro atoms. The summed E-state index contributed by atoms with van der Waals surface area (Å²) in [4.78, 5) is 49.9. The van der Waals surface area contributed by atoms with Gasteiger partial charge in [-0.1, -0.05) is 446 Å². The molecule has 4 fully saturated rings. The number of nitrogens with two attached hydrogens (primary N) is 2. The number of benzene rings is 14. The van der Waals surface area contributed by atoms with Crippen LogP contribution < -0.4 is 233 Å². The molecular weight excluding hydrogens is 2230 g/mol. The summed E-state index contributed by atoms with van der Waals surface area (Å²) in [5.41, 5.74) is 12.9. The Morgan fingerprint density at radius 3 is 0.854 bits per heavy atom. The van der Waals surface area contributed by atoms with Crippen LogP contribution in [0.3, 0.4) is 0 Å². The first-order valence-corrected chi connectivity index (χ1v) is 49.6. The standard InChI is InChI=1S/4C18H15P.C15H14Cl2N6O2.C9H11ClN6O2.C6H5BCl2O2.CH2O3.2Cs.Pd.H/c4*1-4-10-16(11-5-1)19(17-12-6-2-7-13-17)18-14-8-3-9-15-18;16-10-3-1-2-9(11(10)17)12-13(18)19-14(21-20-12)22-4-5-23-8(6-22)7-25-15(23)24;10-6-7(11)12-8(14-13-6)15-1-2-16-5(3-15)4-18-9(16)17;8-5-3-1-2-4(6(5)9)7(10)11;2-1-4-3;;;;/h4*1-15H;1-3,8H,4-7H2,(H2,18,19,21);5H,1-4H2,(H2,11,12,14);1-3,10-11H;1,3H;;;;/q;;;;;;;;2*+1;;-1/p-1/t;;;;8-;5-;;;;;;/m....00....../s1. The first-order valence-electron chi connectivity index (χ1n) is 42.3. The Morgan fingerprint density at radius 2 is 0.613 bits per heavy atom. The molecule has 2 aromatic heterocycles. The minimum atomic E-state index is -1.57. The molecule has 0 aliphatic carbocycles. The molecule has 2 amide bonds. The van der Waals surface area contributed by atoms with Crippen LogP contribution in [-0.2, 0) is 39.6 Å². The van der Waals surface area contributed by atoms with Crippen LogP contribution in [0.2, 0.25) is 25.2 Å². The Hall–Kier alpha value is -7.81. The smallest absolute Gasteiger partial charge is 1.00 e. The van der Waals surface area contributed by atoms with Crippen molar-refractivity contribution in [2.75, 3.05) is 73.7 Å². The van der Waals surface area contributed by atoms with E-state index >= 15 is 0 Å². The number of piperazine rings is 2. The summed E-state index contributed by atoms with van der Waals surface area (Å²) in [6, 6.07) is 139. The third-order valence-electron chi connectivity index (χ3n) is 20.8. The van der Waals surface area contributed by atoms with Gasteiger partial charge >= 0.3 is 157 Å². The molecule has 2 atom stereocenters. The van der Waals surface area contributed by atoms with Crippen molar-refractivity contribution in [2.24, 2.45) is 0 Å². The predicted octanol–water partition coefficient (Wildman–Crippen LogP) is 8.82. The summed E-state index contributed by atoms with van der Waals surface area (Å²) < 4.78 is 10.0. The fourth-order valence-corrected chi connectivity index (χ4v) is 24.7. The number of ether oxygens (including phenoxy) is 2. The van der Waals surface area contributed by atoms with Crippen molar-refractivity contribution in [3.05, 3.63) is 426 Å². The number of carbonyl (C=O) groups is 3. The molecule has 137 heavy (non-hydrogen) atoms. The topological polar surface area (TPSA) is 285 Å². The van der Waals surface area contributed by atoms with E-state index in [0.717, 1.165) is 0 Å². The van der Waals surface area contributed by atoms with Crippen molar-refractivity contribution in [1.82, 2.24) is 40.2 Å². The van der Waals surface area contributed by atoms with Gasteiger partial charge in [-0.15, -0.1) is 20.4 Å². The number of hydrogen-bond donors (Lipinski definition) is 4. The van der Waals surface area contributed by atoms with Crippen LogP contribution in [0.5, 0.6) is 0 Å². The van der Waals surface area contributed by atoms with Crippen LogP contribution in [0.25, 0.3) is 11.3 Å². The summed E-state index contributed by atoms with van der Waals surface area (Å²) in [6.45, 7) is 4.10. The fraction of sp³-hybridized carbons (Fsp3) is 0.0971. The number of hydrogen-bond acceptors (Lipinski definition) is 19. The Morgan fingerprint density at radius 1 is 0.365 bits per heavy atom. The van der Waals surface area contributed by atoms with Gasteiger partial charge in [0.25, 0.3) is 6.47 Å². The molecule has 6 N–H and O–H groups in total. The van der Waals surface area contributed by atoms with Gasteiger partial charge in [0, 0.05) is 70.7 Å². The zero-order valence-corrected chi connectivity index (χ0v) is 95.9. The van der Waals surface area contributed by atoms with Gasteiger partial charge in [-0.2, -0.15) is 9.97 Å².